The van der Waals surface area contributed by atoms with Gasteiger partial charge in [-0.15, -0.1) is 0 Å². The third-order valence-corrected chi connectivity index (χ3v) is 2.74. The number of aromatic carboxylic acids is 1. The topological polar surface area (TPSA) is 64.3 Å². The van der Waals surface area contributed by atoms with E-state index in [4.69, 9.17) is 33.0 Å². The summed E-state index contributed by atoms with van der Waals surface area (Å²) in [6.45, 7) is -0.0744. The van der Waals surface area contributed by atoms with E-state index in [-0.39, 0.29) is 22.5 Å². The molecular formula is C11H7Cl2FN2O3. The normalized spacial score (nSPS) is 10.5. The Kier molecular flexibility index (Phi) is 3.92. The Labute approximate surface area is 117 Å². The van der Waals surface area contributed by atoms with E-state index >= 15 is 0 Å². The number of hydrogen-bond acceptors (Lipinski definition) is 3. The van der Waals surface area contributed by atoms with E-state index in [1.54, 1.807) is 0 Å². The number of aromatic nitrogens is 2. The zero-order valence-corrected chi connectivity index (χ0v) is 10.8. The molecule has 8 heteroatoms. The van der Waals surface area contributed by atoms with Crippen LogP contribution in [0.1, 0.15) is 10.5 Å². The second-order valence-electron chi connectivity index (χ2n) is 3.52. The van der Waals surface area contributed by atoms with Crippen LogP contribution >= 0.6 is 23.2 Å². The summed E-state index contributed by atoms with van der Waals surface area (Å²) in [5, 5.41) is 12.4. The van der Waals surface area contributed by atoms with Gasteiger partial charge in [-0.05, 0) is 12.1 Å². The first kappa shape index (κ1) is 13.6. The van der Waals surface area contributed by atoms with Crippen molar-refractivity contribution in [2.24, 2.45) is 0 Å². The van der Waals surface area contributed by atoms with E-state index < -0.39 is 11.8 Å². The average Bonchev–Trinajstić information content (AvgIpc) is 2.72. The molecule has 0 atom stereocenters. The maximum atomic E-state index is 12.9. The van der Waals surface area contributed by atoms with E-state index in [1.807, 2.05) is 0 Å². The first-order valence-corrected chi connectivity index (χ1v) is 5.77. The molecule has 1 N–H and O–H groups in total. The number of rotatable bonds is 4. The Hall–Kier alpha value is -1.79. The van der Waals surface area contributed by atoms with Gasteiger partial charge in [0.15, 0.2) is 12.4 Å². The van der Waals surface area contributed by atoms with Gasteiger partial charge in [0.05, 0.1) is 10.0 Å². The maximum absolute atomic E-state index is 12.9. The zero-order valence-electron chi connectivity index (χ0n) is 9.31. The molecule has 0 aliphatic carbocycles. The Bertz CT molecular complexity index is 630. The van der Waals surface area contributed by atoms with Crippen molar-refractivity contribution in [1.29, 1.82) is 0 Å². The molecule has 0 spiro atoms. The van der Waals surface area contributed by atoms with Crippen LogP contribution in [0.4, 0.5) is 4.39 Å². The van der Waals surface area contributed by atoms with Crippen LogP contribution in [0.3, 0.4) is 0 Å². The van der Waals surface area contributed by atoms with Gasteiger partial charge in [0.2, 0.25) is 0 Å². The SMILES string of the molecule is O=C(O)c1nn(COc2ccc(F)c(Cl)c2)cc1Cl. The molecule has 19 heavy (non-hydrogen) atoms. The van der Waals surface area contributed by atoms with Crippen molar-refractivity contribution >= 4 is 29.2 Å². The lowest BCUT2D eigenvalue weighted by Crippen LogP contribution is -2.07. The van der Waals surface area contributed by atoms with Gasteiger partial charge in [-0.2, -0.15) is 5.10 Å². The summed E-state index contributed by atoms with van der Waals surface area (Å²) in [6, 6.07) is 3.86. The highest BCUT2D eigenvalue weighted by atomic mass is 35.5. The third kappa shape index (κ3) is 3.15. The van der Waals surface area contributed by atoms with E-state index in [9.17, 15) is 9.18 Å². The summed E-state index contributed by atoms with van der Waals surface area (Å²) < 4.78 is 19.4. The van der Waals surface area contributed by atoms with Crippen LogP contribution in [0, 0.1) is 5.82 Å². The van der Waals surface area contributed by atoms with Crippen molar-refractivity contribution in [2.75, 3.05) is 0 Å². The van der Waals surface area contributed by atoms with Gasteiger partial charge in [-0.1, -0.05) is 23.2 Å². The quantitative estimate of drug-likeness (QED) is 0.943. The highest BCUT2D eigenvalue weighted by Crippen LogP contribution is 2.21. The molecule has 1 aromatic carbocycles. The zero-order chi connectivity index (χ0) is 14.0. The summed E-state index contributed by atoms with van der Waals surface area (Å²) in [5.74, 6) is -1.45. The van der Waals surface area contributed by atoms with E-state index in [1.165, 1.54) is 23.0 Å². The lowest BCUT2D eigenvalue weighted by atomic mass is 10.3. The molecule has 2 rings (SSSR count). The van der Waals surface area contributed by atoms with Gasteiger partial charge in [0.1, 0.15) is 11.6 Å². The summed E-state index contributed by atoms with van der Waals surface area (Å²) in [4.78, 5) is 10.7. The number of carbonyl (C=O) groups is 1. The third-order valence-electron chi connectivity index (χ3n) is 2.17. The fourth-order valence-corrected chi connectivity index (χ4v) is 1.72. The van der Waals surface area contributed by atoms with Gasteiger partial charge >= 0.3 is 5.97 Å². The van der Waals surface area contributed by atoms with E-state index in [0.29, 0.717) is 5.75 Å². The fraction of sp³-hybridized carbons (Fsp3) is 0.0909. The lowest BCUT2D eigenvalue weighted by molar-refractivity contribution is 0.0688. The lowest BCUT2D eigenvalue weighted by Gasteiger charge is -2.06. The molecule has 0 radical (unpaired) electrons. The van der Waals surface area contributed by atoms with Gasteiger partial charge in [-0.25, -0.2) is 13.9 Å². The van der Waals surface area contributed by atoms with Crippen molar-refractivity contribution < 1.29 is 19.0 Å². The Morgan fingerprint density at radius 1 is 1.42 bits per heavy atom. The standard InChI is InChI=1S/C11H7Cl2FN2O3/c12-7-3-6(1-2-9(7)14)19-5-16-4-8(13)10(15-16)11(17)18/h1-4H,5H2,(H,17,18). The number of hydrogen-bond donors (Lipinski definition) is 1. The minimum atomic E-state index is -1.23. The summed E-state index contributed by atoms with van der Waals surface area (Å²) in [5.41, 5.74) is -0.262. The van der Waals surface area contributed by atoms with Crippen LogP contribution in [0.25, 0.3) is 0 Å². The smallest absolute Gasteiger partial charge is 0.357 e. The number of nitrogens with zero attached hydrogens (tertiary/aromatic N) is 2. The number of halogens is 3. The molecule has 0 fully saturated rings. The Balaban J connectivity index is 2.08. The van der Waals surface area contributed by atoms with Crippen LogP contribution in [0.2, 0.25) is 10.0 Å². The van der Waals surface area contributed by atoms with Gasteiger partial charge in [0, 0.05) is 12.3 Å². The molecule has 0 saturated heterocycles. The molecule has 0 bridgehead atoms. The summed E-state index contributed by atoms with van der Waals surface area (Å²) in [6.07, 6.45) is 1.32. The first-order valence-electron chi connectivity index (χ1n) is 5.01. The van der Waals surface area contributed by atoms with Crippen molar-refractivity contribution in [3.63, 3.8) is 0 Å². The van der Waals surface area contributed by atoms with Crippen molar-refractivity contribution in [2.45, 2.75) is 6.73 Å². The van der Waals surface area contributed by atoms with Crippen molar-refractivity contribution in [1.82, 2.24) is 9.78 Å². The molecule has 1 aromatic heterocycles. The van der Waals surface area contributed by atoms with Gasteiger partial charge in [0.25, 0.3) is 0 Å². The van der Waals surface area contributed by atoms with Gasteiger partial charge < -0.3 is 9.84 Å². The van der Waals surface area contributed by atoms with Gasteiger partial charge in [-0.3, -0.25) is 0 Å². The number of carboxylic acids is 1. The minimum Gasteiger partial charge on any atom is -0.476 e. The maximum Gasteiger partial charge on any atom is 0.357 e. The predicted molar refractivity (Wildman–Crippen MR) is 66.2 cm³/mol. The highest BCUT2D eigenvalue weighted by molar-refractivity contribution is 6.33. The van der Waals surface area contributed by atoms with Crippen molar-refractivity contribution in [3.05, 3.63) is 46.0 Å². The number of ether oxygens (including phenoxy) is 1. The molecule has 0 saturated carbocycles. The molecule has 0 unspecified atom stereocenters. The number of carboxylic acid groups (broad SMARTS) is 1. The molecule has 0 aliphatic rings. The molecule has 0 aliphatic heterocycles. The minimum absolute atomic E-state index is 0.00763. The number of benzene rings is 1. The highest BCUT2D eigenvalue weighted by Gasteiger charge is 2.14. The van der Waals surface area contributed by atoms with E-state index in [2.05, 4.69) is 5.10 Å². The Morgan fingerprint density at radius 3 is 2.74 bits per heavy atom. The fourth-order valence-electron chi connectivity index (χ4n) is 1.32. The predicted octanol–water partition coefficient (Wildman–Crippen LogP) is 3.06. The molecule has 100 valence electrons. The van der Waals surface area contributed by atoms with Crippen LogP contribution in [-0.4, -0.2) is 20.9 Å². The largest absolute Gasteiger partial charge is 0.476 e. The second kappa shape index (κ2) is 5.46. The van der Waals surface area contributed by atoms with Crippen molar-refractivity contribution in [3.8, 4) is 5.75 Å². The first-order chi connectivity index (χ1) is 8.97. The Morgan fingerprint density at radius 2 is 2.16 bits per heavy atom. The van der Waals surface area contributed by atoms with Crippen LogP contribution < -0.4 is 4.74 Å². The molecular weight excluding hydrogens is 298 g/mol. The molecule has 5 nitrogen and oxygen atoms in total. The van der Waals surface area contributed by atoms with Crippen LogP contribution in [-0.2, 0) is 6.73 Å². The van der Waals surface area contributed by atoms with Crippen LogP contribution in [0.15, 0.2) is 24.4 Å². The summed E-state index contributed by atoms with van der Waals surface area (Å²) in [7, 11) is 0. The van der Waals surface area contributed by atoms with E-state index in [0.717, 1.165) is 6.07 Å². The van der Waals surface area contributed by atoms with Crippen LogP contribution in [0.5, 0.6) is 5.75 Å². The average molecular weight is 305 g/mol. The summed E-state index contributed by atoms with van der Waals surface area (Å²) >= 11 is 11.3. The molecule has 0 amide bonds. The second-order valence-corrected chi connectivity index (χ2v) is 4.33. The molecule has 2 aromatic rings. The molecule has 1 heterocycles. The monoisotopic (exact) mass is 304 g/mol.